The summed E-state index contributed by atoms with van der Waals surface area (Å²) in [6.07, 6.45) is 10.1. The van der Waals surface area contributed by atoms with Crippen LogP contribution in [0.5, 0.6) is 0 Å². The lowest BCUT2D eigenvalue weighted by Gasteiger charge is -2.23. The maximum absolute atomic E-state index is 4.14. The summed E-state index contributed by atoms with van der Waals surface area (Å²) in [6, 6.07) is 0. The van der Waals surface area contributed by atoms with Gasteiger partial charge in [0.1, 0.15) is 0 Å². The molecule has 0 spiro atoms. The summed E-state index contributed by atoms with van der Waals surface area (Å²) in [5.41, 5.74) is 3.26. The molecule has 0 fully saturated rings. The molecule has 0 rings (SSSR count). The fourth-order valence-electron chi connectivity index (χ4n) is 1.26. The van der Waals surface area contributed by atoms with E-state index in [2.05, 4.69) is 44.9 Å². The standard InChI is InChI=1S/C17H27N/c1-9-10-11-12-14(2)16(18(7)8)13-15(3)17(4,5)6/h9-13H,2-3H2,1,4-8H3/b10-9-,12-11-,16-13-. The zero-order valence-electron chi connectivity index (χ0n) is 12.7. The molecular weight excluding hydrogens is 218 g/mol. The lowest BCUT2D eigenvalue weighted by molar-refractivity contribution is 0.500. The summed E-state index contributed by atoms with van der Waals surface area (Å²) in [5, 5.41) is 0. The van der Waals surface area contributed by atoms with Crippen LogP contribution in [0.15, 0.2) is 60.4 Å². The monoisotopic (exact) mass is 245 g/mol. The van der Waals surface area contributed by atoms with Crippen LogP contribution >= 0.6 is 0 Å². The van der Waals surface area contributed by atoms with Gasteiger partial charge in [-0.1, -0.05) is 58.2 Å². The number of hydrogen-bond donors (Lipinski definition) is 0. The van der Waals surface area contributed by atoms with E-state index in [4.69, 9.17) is 0 Å². The number of likely N-dealkylation sites (N-methyl/N-ethyl adjacent to an activating group) is 1. The summed E-state index contributed by atoms with van der Waals surface area (Å²) in [5.74, 6) is 0. The first kappa shape index (κ1) is 16.5. The summed E-state index contributed by atoms with van der Waals surface area (Å²) in [7, 11) is 4.05. The molecular formula is C17H27N. The molecule has 0 aliphatic carbocycles. The van der Waals surface area contributed by atoms with Crippen molar-refractivity contribution >= 4 is 0 Å². The molecule has 0 saturated heterocycles. The first-order chi connectivity index (χ1) is 8.20. The highest BCUT2D eigenvalue weighted by Crippen LogP contribution is 2.27. The van der Waals surface area contributed by atoms with Crippen LogP contribution in [-0.2, 0) is 0 Å². The predicted molar refractivity (Wildman–Crippen MR) is 83.5 cm³/mol. The van der Waals surface area contributed by atoms with E-state index in [1.807, 2.05) is 45.3 Å². The highest BCUT2D eigenvalue weighted by Gasteiger charge is 2.14. The molecule has 100 valence electrons. The molecule has 0 aliphatic heterocycles. The van der Waals surface area contributed by atoms with Gasteiger partial charge >= 0.3 is 0 Å². The second kappa shape index (κ2) is 7.05. The van der Waals surface area contributed by atoms with Gasteiger partial charge in [-0.2, -0.15) is 0 Å². The quantitative estimate of drug-likeness (QED) is 0.633. The largest absolute Gasteiger partial charge is 0.377 e. The van der Waals surface area contributed by atoms with E-state index in [0.29, 0.717) is 0 Å². The van der Waals surface area contributed by atoms with Gasteiger partial charge in [0.15, 0.2) is 0 Å². The minimum absolute atomic E-state index is 0.0780. The molecule has 0 aliphatic rings. The van der Waals surface area contributed by atoms with Crippen molar-refractivity contribution in [1.29, 1.82) is 0 Å². The Hall–Kier alpha value is -1.50. The number of rotatable bonds is 5. The molecule has 0 bridgehead atoms. The van der Waals surface area contributed by atoms with Crippen molar-refractivity contribution in [2.45, 2.75) is 27.7 Å². The Morgan fingerprint density at radius 3 is 2.00 bits per heavy atom. The Balaban J connectivity index is 5.16. The molecule has 0 N–H and O–H groups in total. The third kappa shape index (κ3) is 5.72. The van der Waals surface area contributed by atoms with E-state index >= 15 is 0 Å². The number of allylic oxidation sites excluding steroid dienone is 6. The van der Waals surface area contributed by atoms with Crippen molar-refractivity contribution in [1.82, 2.24) is 4.90 Å². The summed E-state index contributed by atoms with van der Waals surface area (Å²) < 4.78 is 0. The van der Waals surface area contributed by atoms with Crippen molar-refractivity contribution in [2.75, 3.05) is 14.1 Å². The maximum Gasteiger partial charge on any atom is 0.0431 e. The van der Waals surface area contributed by atoms with Crippen molar-refractivity contribution < 1.29 is 0 Å². The van der Waals surface area contributed by atoms with E-state index in [0.717, 1.165) is 16.8 Å². The Morgan fingerprint density at radius 1 is 1.06 bits per heavy atom. The molecule has 0 heterocycles. The lowest BCUT2D eigenvalue weighted by atomic mass is 9.86. The van der Waals surface area contributed by atoms with Crippen LogP contribution in [0.4, 0.5) is 0 Å². The zero-order chi connectivity index (χ0) is 14.3. The highest BCUT2D eigenvalue weighted by molar-refractivity contribution is 5.42. The van der Waals surface area contributed by atoms with Gasteiger partial charge in [-0.25, -0.2) is 0 Å². The van der Waals surface area contributed by atoms with Crippen LogP contribution in [0.3, 0.4) is 0 Å². The molecule has 0 aromatic carbocycles. The van der Waals surface area contributed by atoms with Gasteiger partial charge in [0.2, 0.25) is 0 Å². The molecule has 0 aromatic rings. The summed E-state index contributed by atoms with van der Waals surface area (Å²) in [4.78, 5) is 2.07. The molecule has 1 heteroatoms. The van der Waals surface area contributed by atoms with Crippen molar-refractivity contribution in [3.63, 3.8) is 0 Å². The third-order valence-electron chi connectivity index (χ3n) is 2.69. The van der Waals surface area contributed by atoms with Crippen LogP contribution in [-0.4, -0.2) is 19.0 Å². The molecule has 0 unspecified atom stereocenters. The zero-order valence-corrected chi connectivity index (χ0v) is 12.7. The van der Waals surface area contributed by atoms with E-state index < -0.39 is 0 Å². The molecule has 0 saturated carbocycles. The van der Waals surface area contributed by atoms with Crippen molar-refractivity contribution in [2.24, 2.45) is 5.41 Å². The van der Waals surface area contributed by atoms with Crippen molar-refractivity contribution in [3.8, 4) is 0 Å². The normalized spacial score (nSPS) is 13.3. The van der Waals surface area contributed by atoms with Crippen LogP contribution in [0, 0.1) is 5.41 Å². The number of nitrogens with zero attached hydrogens (tertiary/aromatic N) is 1. The Kier molecular flexibility index (Phi) is 6.46. The van der Waals surface area contributed by atoms with Gasteiger partial charge in [-0.05, 0) is 29.6 Å². The van der Waals surface area contributed by atoms with E-state index in [1.165, 1.54) is 0 Å². The maximum atomic E-state index is 4.14. The Labute approximate surface area is 113 Å². The van der Waals surface area contributed by atoms with Gasteiger partial charge in [0, 0.05) is 19.8 Å². The van der Waals surface area contributed by atoms with Gasteiger partial charge in [-0.3, -0.25) is 0 Å². The van der Waals surface area contributed by atoms with Gasteiger partial charge in [0.05, 0.1) is 0 Å². The van der Waals surface area contributed by atoms with Crippen LogP contribution in [0.1, 0.15) is 27.7 Å². The molecule has 1 nitrogen and oxygen atoms in total. The fourth-order valence-corrected chi connectivity index (χ4v) is 1.26. The van der Waals surface area contributed by atoms with E-state index in [-0.39, 0.29) is 5.41 Å². The second-order valence-corrected chi connectivity index (χ2v) is 5.61. The first-order valence-electron chi connectivity index (χ1n) is 6.27. The predicted octanol–water partition coefficient (Wildman–Crippen LogP) is 4.72. The minimum Gasteiger partial charge on any atom is -0.377 e. The summed E-state index contributed by atoms with van der Waals surface area (Å²) >= 11 is 0. The van der Waals surface area contributed by atoms with E-state index in [1.54, 1.807) is 0 Å². The Bertz CT molecular complexity index is 384. The van der Waals surface area contributed by atoms with Crippen LogP contribution in [0.2, 0.25) is 0 Å². The van der Waals surface area contributed by atoms with E-state index in [9.17, 15) is 0 Å². The average molecular weight is 245 g/mol. The number of hydrogen-bond acceptors (Lipinski definition) is 1. The smallest absolute Gasteiger partial charge is 0.0431 e. The Morgan fingerprint density at radius 2 is 1.61 bits per heavy atom. The SMILES string of the molecule is C=C(/C=C\C=C/C)/C(=C/C(=C)C(C)(C)C)N(C)C. The topological polar surface area (TPSA) is 3.24 Å². The molecule has 0 radical (unpaired) electrons. The van der Waals surface area contributed by atoms with Crippen LogP contribution in [0.25, 0.3) is 0 Å². The average Bonchev–Trinajstić information content (AvgIpc) is 2.23. The first-order valence-corrected chi connectivity index (χ1v) is 6.27. The minimum atomic E-state index is 0.0780. The van der Waals surface area contributed by atoms with Gasteiger partial charge in [0.25, 0.3) is 0 Å². The van der Waals surface area contributed by atoms with Crippen molar-refractivity contribution in [3.05, 3.63) is 60.4 Å². The van der Waals surface area contributed by atoms with Gasteiger partial charge in [-0.15, -0.1) is 0 Å². The van der Waals surface area contributed by atoms with Gasteiger partial charge < -0.3 is 4.90 Å². The fraction of sp³-hybridized carbons (Fsp3) is 0.412. The summed E-state index contributed by atoms with van der Waals surface area (Å²) in [6.45, 7) is 16.7. The molecule has 0 aromatic heterocycles. The lowest BCUT2D eigenvalue weighted by Crippen LogP contribution is -2.15. The van der Waals surface area contributed by atoms with Crippen LogP contribution < -0.4 is 0 Å². The highest BCUT2D eigenvalue weighted by atomic mass is 15.1. The molecule has 0 atom stereocenters. The third-order valence-corrected chi connectivity index (χ3v) is 2.69. The second-order valence-electron chi connectivity index (χ2n) is 5.61. The molecule has 18 heavy (non-hydrogen) atoms. The molecule has 0 amide bonds.